The van der Waals surface area contributed by atoms with Crippen LogP contribution in [-0.2, 0) is 0 Å². The van der Waals surface area contributed by atoms with Gasteiger partial charge < -0.3 is 5.73 Å². The van der Waals surface area contributed by atoms with Gasteiger partial charge in [-0.2, -0.15) is 0 Å². The predicted octanol–water partition coefficient (Wildman–Crippen LogP) is 1.43. The minimum absolute atomic E-state index is 0.683. The van der Waals surface area contributed by atoms with E-state index in [0.717, 1.165) is 16.8 Å². The Morgan fingerprint density at radius 3 is 2.64 bits per heavy atom. The molecule has 0 aliphatic carbocycles. The van der Waals surface area contributed by atoms with E-state index in [9.17, 15) is 0 Å². The van der Waals surface area contributed by atoms with Crippen molar-refractivity contribution in [3.63, 3.8) is 0 Å². The van der Waals surface area contributed by atoms with Gasteiger partial charge in [0.1, 0.15) is 6.33 Å². The number of nitrogens with zero attached hydrogens (tertiary/aromatic N) is 3. The average Bonchev–Trinajstić information content (AvgIpc) is 2.23. The molecule has 0 saturated carbocycles. The molecule has 2 aromatic heterocycles. The van der Waals surface area contributed by atoms with Crippen LogP contribution in [-0.4, -0.2) is 15.0 Å². The topological polar surface area (TPSA) is 64.7 Å². The van der Waals surface area contributed by atoms with Gasteiger partial charge in [0.25, 0.3) is 0 Å². The van der Waals surface area contributed by atoms with Crippen LogP contribution in [0.4, 0.5) is 5.69 Å². The van der Waals surface area contributed by atoms with Crippen LogP contribution in [0.15, 0.2) is 31.0 Å². The number of pyridine rings is 1. The largest absolute Gasteiger partial charge is 0.397 e. The third-order valence-electron chi connectivity index (χ3n) is 2.04. The third kappa shape index (κ3) is 1.42. The van der Waals surface area contributed by atoms with Crippen molar-refractivity contribution in [2.24, 2.45) is 0 Å². The van der Waals surface area contributed by atoms with Crippen molar-refractivity contribution in [1.29, 1.82) is 0 Å². The lowest BCUT2D eigenvalue weighted by atomic mass is 10.1. The van der Waals surface area contributed by atoms with E-state index in [1.54, 1.807) is 18.6 Å². The van der Waals surface area contributed by atoms with Crippen LogP contribution >= 0.6 is 0 Å². The molecule has 0 spiro atoms. The Morgan fingerprint density at radius 1 is 1.21 bits per heavy atom. The van der Waals surface area contributed by atoms with Gasteiger partial charge in [0.15, 0.2) is 0 Å². The maximum atomic E-state index is 5.90. The van der Waals surface area contributed by atoms with Crippen molar-refractivity contribution in [2.45, 2.75) is 6.92 Å². The Bertz CT molecular complexity index is 439. The molecule has 4 heteroatoms. The van der Waals surface area contributed by atoms with E-state index in [1.807, 2.05) is 13.0 Å². The molecule has 0 fully saturated rings. The smallest absolute Gasteiger partial charge is 0.115 e. The van der Waals surface area contributed by atoms with Gasteiger partial charge in [0.05, 0.1) is 11.4 Å². The second-order valence-corrected chi connectivity index (χ2v) is 3.02. The van der Waals surface area contributed by atoms with Crippen molar-refractivity contribution in [3.05, 3.63) is 36.5 Å². The average molecular weight is 186 g/mol. The van der Waals surface area contributed by atoms with Crippen LogP contribution in [0.25, 0.3) is 11.3 Å². The number of aryl methyl sites for hydroxylation is 1. The van der Waals surface area contributed by atoms with E-state index in [4.69, 9.17) is 5.73 Å². The summed E-state index contributed by atoms with van der Waals surface area (Å²) in [7, 11) is 0. The van der Waals surface area contributed by atoms with Crippen molar-refractivity contribution >= 4 is 5.69 Å². The summed E-state index contributed by atoms with van der Waals surface area (Å²) < 4.78 is 0. The molecule has 0 radical (unpaired) electrons. The van der Waals surface area contributed by atoms with Gasteiger partial charge in [-0.15, -0.1) is 0 Å². The first-order valence-corrected chi connectivity index (χ1v) is 4.25. The fourth-order valence-corrected chi connectivity index (χ4v) is 1.22. The number of hydrogen-bond donors (Lipinski definition) is 1. The van der Waals surface area contributed by atoms with Gasteiger partial charge >= 0.3 is 0 Å². The highest BCUT2D eigenvalue weighted by Crippen LogP contribution is 2.23. The number of nitrogen functional groups attached to an aromatic ring is 1. The Balaban J connectivity index is 2.58. The first-order chi connectivity index (χ1) is 6.79. The van der Waals surface area contributed by atoms with E-state index in [1.165, 1.54) is 6.33 Å². The molecule has 0 amide bonds. The SMILES string of the molecule is Cc1ccnc(-c2cncnc2)c1N. The molecule has 0 unspecified atom stereocenters. The molecule has 4 nitrogen and oxygen atoms in total. The molecule has 0 aromatic carbocycles. The Hall–Kier alpha value is -1.97. The zero-order valence-electron chi connectivity index (χ0n) is 7.81. The molecule has 14 heavy (non-hydrogen) atoms. The molecule has 0 bridgehead atoms. The van der Waals surface area contributed by atoms with E-state index < -0.39 is 0 Å². The molecule has 2 N–H and O–H groups in total. The van der Waals surface area contributed by atoms with Crippen LogP contribution in [0.2, 0.25) is 0 Å². The standard InChI is InChI=1S/C10H10N4/c1-7-2-3-14-10(9(7)11)8-4-12-6-13-5-8/h2-6H,11H2,1H3. The molecule has 0 aliphatic rings. The minimum Gasteiger partial charge on any atom is -0.397 e. The molecule has 70 valence electrons. The summed E-state index contributed by atoms with van der Waals surface area (Å²) in [5, 5.41) is 0. The van der Waals surface area contributed by atoms with Gasteiger partial charge in [-0.25, -0.2) is 9.97 Å². The molecular weight excluding hydrogens is 176 g/mol. The zero-order chi connectivity index (χ0) is 9.97. The molecule has 2 aromatic rings. The van der Waals surface area contributed by atoms with Crippen LogP contribution in [0.3, 0.4) is 0 Å². The summed E-state index contributed by atoms with van der Waals surface area (Å²) in [6.45, 7) is 1.95. The number of anilines is 1. The van der Waals surface area contributed by atoms with E-state index in [2.05, 4.69) is 15.0 Å². The van der Waals surface area contributed by atoms with Crippen LogP contribution in [0.1, 0.15) is 5.56 Å². The summed E-state index contributed by atoms with van der Waals surface area (Å²) in [5.74, 6) is 0. The minimum atomic E-state index is 0.683. The van der Waals surface area contributed by atoms with E-state index >= 15 is 0 Å². The number of rotatable bonds is 1. The van der Waals surface area contributed by atoms with Crippen molar-refractivity contribution in [2.75, 3.05) is 5.73 Å². The van der Waals surface area contributed by atoms with Crippen LogP contribution in [0.5, 0.6) is 0 Å². The van der Waals surface area contributed by atoms with Crippen molar-refractivity contribution in [3.8, 4) is 11.3 Å². The number of aromatic nitrogens is 3. The van der Waals surface area contributed by atoms with Gasteiger partial charge in [-0.05, 0) is 18.6 Å². The van der Waals surface area contributed by atoms with Crippen LogP contribution < -0.4 is 5.73 Å². The van der Waals surface area contributed by atoms with Gasteiger partial charge in [-0.3, -0.25) is 4.98 Å². The summed E-state index contributed by atoms with van der Waals surface area (Å²) >= 11 is 0. The quantitative estimate of drug-likeness (QED) is 0.731. The highest BCUT2D eigenvalue weighted by Gasteiger charge is 2.05. The molecule has 2 heterocycles. The maximum absolute atomic E-state index is 5.90. The highest BCUT2D eigenvalue weighted by atomic mass is 14.8. The third-order valence-corrected chi connectivity index (χ3v) is 2.04. The molecule has 0 aliphatic heterocycles. The van der Waals surface area contributed by atoms with Gasteiger partial charge in [-0.1, -0.05) is 0 Å². The Morgan fingerprint density at radius 2 is 1.93 bits per heavy atom. The zero-order valence-corrected chi connectivity index (χ0v) is 7.81. The van der Waals surface area contributed by atoms with Gasteiger partial charge in [0, 0.05) is 24.2 Å². The first kappa shape index (κ1) is 8.62. The van der Waals surface area contributed by atoms with Crippen LogP contribution in [0, 0.1) is 6.92 Å². The molecule has 0 saturated heterocycles. The first-order valence-electron chi connectivity index (χ1n) is 4.25. The lowest BCUT2D eigenvalue weighted by molar-refractivity contribution is 1.16. The van der Waals surface area contributed by atoms with Gasteiger partial charge in [0.2, 0.25) is 0 Å². The van der Waals surface area contributed by atoms with Crippen molar-refractivity contribution in [1.82, 2.24) is 15.0 Å². The predicted molar refractivity (Wildman–Crippen MR) is 54.4 cm³/mol. The number of nitrogens with two attached hydrogens (primary N) is 1. The second kappa shape index (κ2) is 3.41. The Labute approximate surface area is 81.9 Å². The van der Waals surface area contributed by atoms with Crippen molar-refractivity contribution < 1.29 is 0 Å². The molecular formula is C10H10N4. The summed E-state index contributed by atoms with van der Waals surface area (Å²) in [5.41, 5.74) is 9.17. The monoisotopic (exact) mass is 186 g/mol. The summed E-state index contributed by atoms with van der Waals surface area (Å²) in [6, 6.07) is 1.88. The second-order valence-electron chi connectivity index (χ2n) is 3.02. The Kier molecular flexibility index (Phi) is 2.10. The lowest BCUT2D eigenvalue weighted by Gasteiger charge is -2.05. The molecule has 2 rings (SSSR count). The fraction of sp³-hybridized carbons (Fsp3) is 0.100. The number of hydrogen-bond acceptors (Lipinski definition) is 4. The maximum Gasteiger partial charge on any atom is 0.115 e. The highest BCUT2D eigenvalue weighted by molar-refractivity contribution is 5.73. The summed E-state index contributed by atoms with van der Waals surface area (Å²) in [6.07, 6.45) is 6.61. The normalized spacial score (nSPS) is 10.1. The molecule has 0 atom stereocenters. The van der Waals surface area contributed by atoms with E-state index in [0.29, 0.717) is 5.69 Å². The van der Waals surface area contributed by atoms with E-state index in [-0.39, 0.29) is 0 Å². The lowest BCUT2D eigenvalue weighted by Crippen LogP contribution is -1.96. The fourth-order valence-electron chi connectivity index (χ4n) is 1.22. The summed E-state index contributed by atoms with van der Waals surface area (Å²) in [4.78, 5) is 12.1.